The number of carboxylic acid groups (broad SMARTS) is 1. The van der Waals surface area contributed by atoms with Crippen molar-refractivity contribution in [3.8, 4) is 0 Å². The topological polar surface area (TPSA) is 96.3 Å². The van der Waals surface area contributed by atoms with Gasteiger partial charge in [0.15, 0.2) is 0 Å². The van der Waals surface area contributed by atoms with E-state index in [4.69, 9.17) is 5.11 Å². The number of aryl methyl sites for hydroxylation is 1. The van der Waals surface area contributed by atoms with Gasteiger partial charge < -0.3 is 20.3 Å². The number of rotatable bonds is 4. The van der Waals surface area contributed by atoms with Crippen LogP contribution in [0.1, 0.15) is 31.5 Å². The fraction of sp³-hybridized carbons (Fsp3) is 0.615. The predicted octanol–water partition coefficient (Wildman–Crippen LogP) is 0.863. The van der Waals surface area contributed by atoms with Crippen molar-refractivity contribution in [3.63, 3.8) is 0 Å². The highest BCUT2D eigenvalue weighted by molar-refractivity contribution is 5.74. The van der Waals surface area contributed by atoms with Gasteiger partial charge in [0, 0.05) is 25.5 Å². The normalized spacial score (nSPS) is 22.2. The minimum Gasteiger partial charge on any atom is -0.481 e. The van der Waals surface area contributed by atoms with E-state index in [9.17, 15) is 9.59 Å². The van der Waals surface area contributed by atoms with Gasteiger partial charge in [-0.05, 0) is 25.7 Å². The van der Waals surface area contributed by atoms with Gasteiger partial charge >= 0.3 is 12.0 Å². The molecule has 1 aliphatic carbocycles. The summed E-state index contributed by atoms with van der Waals surface area (Å²) in [4.78, 5) is 26.7. The summed E-state index contributed by atoms with van der Waals surface area (Å²) >= 11 is 0. The number of aliphatic carboxylic acids is 1. The van der Waals surface area contributed by atoms with Gasteiger partial charge in [-0.25, -0.2) is 9.78 Å². The van der Waals surface area contributed by atoms with Crippen LogP contribution in [-0.4, -0.2) is 32.7 Å². The number of carbonyl (C=O) groups is 2. The van der Waals surface area contributed by atoms with Crippen LogP contribution in [0.3, 0.4) is 0 Å². The Labute approximate surface area is 117 Å². The predicted molar refractivity (Wildman–Crippen MR) is 72.0 cm³/mol. The van der Waals surface area contributed by atoms with Crippen LogP contribution in [0.25, 0.3) is 0 Å². The van der Waals surface area contributed by atoms with E-state index in [2.05, 4.69) is 15.6 Å². The van der Waals surface area contributed by atoms with Gasteiger partial charge in [-0.15, -0.1) is 0 Å². The number of nitrogens with zero attached hydrogens (tertiary/aromatic N) is 2. The molecule has 0 saturated heterocycles. The Hall–Kier alpha value is -2.05. The summed E-state index contributed by atoms with van der Waals surface area (Å²) in [6.45, 7) is 0.375. The summed E-state index contributed by atoms with van der Waals surface area (Å²) in [6.07, 6.45) is 6.18. The fourth-order valence-electron chi connectivity index (χ4n) is 2.45. The zero-order chi connectivity index (χ0) is 14.5. The van der Waals surface area contributed by atoms with Crippen molar-refractivity contribution < 1.29 is 14.7 Å². The lowest BCUT2D eigenvalue weighted by atomic mass is 9.86. The van der Waals surface area contributed by atoms with Crippen LogP contribution in [0.4, 0.5) is 4.79 Å². The van der Waals surface area contributed by atoms with Crippen LogP contribution in [0.5, 0.6) is 0 Å². The second-order valence-electron chi connectivity index (χ2n) is 5.17. The second-order valence-corrected chi connectivity index (χ2v) is 5.17. The maximum atomic E-state index is 11.8. The number of urea groups is 1. The van der Waals surface area contributed by atoms with Crippen LogP contribution in [0.2, 0.25) is 0 Å². The molecule has 1 heterocycles. The SMILES string of the molecule is Cn1ccnc1CNC(=O)NC1CCC(C(=O)O)CC1. The lowest BCUT2D eigenvalue weighted by Gasteiger charge is -2.26. The summed E-state index contributed by atoms with van der Waals surface area (Å²) in [5.41, 5.74) is 0. The number of imidazole rings is 1. The van der Waals surface area contributed by atoms with Crippen LogP contribution < -0.4 is 10.6 Å². The number of hydrogen-bond acceptors (Lipinski definition) is 3. The van der Waals surface area contributed by atoms with E-state index >= 15 is 0 Å². The molecule has 3 N–H and O–H groups in total. The smallest absolute Gasteiger partial charge is 0.315 e. The van der Waals surface area contributed by atoms with Crippen molar-refractivity contribution in [1.82, 2.24) is 20.2 Å². The molecule has 0 atom stereocenters. The molecule has 0 radical (unpaired) electrons. The zero-order valence-corrected chi connectivity index (χ0v) is 11.5. The molecule has 7 heteroatoms. The quantitative estimate of drug-likeness (QED) is 0.762. The number of aromatic nitrogens is 2. The molecule has 1 fully saturated rings. The zero-order valence-electron chi connectivity index (χ0n) is 11.5. The van der Waals surface area contributed by atoms with E-state index in [1.807, 2.05) is 17.8 Å². The molecule has 0 aromatic carbocycles. The van der Waals surface area contributed by atoms with Crippen molar-refractivity contribution in [2.75, 3.05) is 0 Å². The summed E-state index contributed by atoms with van der Waals surface area (Å²) in [6, 6.07) is -0.168. The number of nitrogens with one attached hydrogen (secondary N) is 2. The first-order chi connectivity index (χ1) is 9.56. The summed E-state index contributed by atoms with van der Waals surface area (Å²) in [5.74, 6) is -0.207. The van der Waals surface area contributed by atoms with Gasteiger partial charge in [-0.1, -0.05) is 0 Å². The molecule has 110 valence electrons. The molecule has 2 rings (SSSR count). The standard InChI is InChI=1S/C13H20N4O3/c1-17-7-6-14-11(17)8-15-13(20)16-10-4-2-9(3-5-10)12(18)19/h6-7,9-10H,2-5,8H2,1H3,(H,18,19)(H2,15,16,20). The first-order valence-electron chi connectivity index (χ1n) is 6.79. The minimum atomic E-state index is -0.734. The highest BCUT2D eigenvalue weighted by Crippen LogP contribution is 2.24. The average Bonchev–Trinajstić information content (AvgIpc) is 2.82. The molecule has 0 spiro atoms. The third-order valence-electron chi connectivity index (χ3n) is 3.74. The monoisotopic (exact) mass is 280 g/mol. The Balaban J connectivity index is 1.70. The molecule has 0 bridgehead atoms. The molecule has 1 aromatic heterocycles. The van der Waals surface area contributed by atoms with Crippen molar-refractivity contribution in [2.24, 2.45) is 13.0 Å². The Morgan fingerprint density at radius 2 is 2.10 bits per heavy atom. The van der Waals surface area contributed by atoms with Crippen molar-refractivity contribution in [3.05, 3.63) is 18.2 Å². The maximum Gasteiger partial charge on any atom is 0.315 e. The number of carbonyl (C=O) groups excluding carboxylic acids is 1. The minimum absolute atomic E-state index is 0.0620. The van der Waals surface area contributed by atoms with E-state index in [0.717, 1.165) is 5.82 Å². The highest BCUT2D eigenvalue weighted by Gasteiger charge is 2.26. The van der Waals surface area contributed by atoms with E-state index in [-0.39, 0.29) is 18.0 Å². The van der Waals surface area contributed by atoms with Crippen LogP contribution in [-0.2, 0) is 18.4 Å². The lowest BCUT2D eigenvalue weighted by Crippen LogP contribution is -2.44. The average molecular weight is 280 g/mol. The molecule has 20 heavy (non-hydrogen) atoms. The van der Waals surface area contributed by atoms with Gasteiger partial charge in [-0.2, -0.15) is 0 Å². The van der Waals surface area contributed by atoms with Gasteiger partial charge in [0.05, 0.1) is 12.5 Å². The molecule has 1 saturated carbocycles. The first-order valence-corrected chi connectivity index (χ1v) is 6.79. The number of amides is 2. The van der Waals surface area contributed by atoms with Crippen molar-refractivity contribution in [2.45, 2.75) is 38.3 Å². The maximum absolute atomic E-state index is 11.8. The van der Waals surface area contributed by atoms with Crippen LogP contribution >= 0.6 is 0 Å². The van der Waals surface area contributed by atoms with Gasteiger partial charge in [0.25, 0.3) is 0 Å². The van der Waals surface area contributed by atoms with E-state index in [1.54, 1.807) is 6.20 Å². The van der Waals surface area contributed by atoms with Crippen LogP contribution in [0, 0.1) is 5.92 Å². The fourth-order valence-corrected chi connectivity index (χ4v) is 2.45. The molecular formula is C13H20N4O3. The summed E-state index contributed by atoms with van der Waals surface area (Å²) < 4.78 is 1.85. The molecule has 1 aliphatic rings. The number of hydrogen-bond donors (Lipinski definition) is 3. The van der Waals surface area contributed by atoms with Crippen molar-refractivity contribution >= 4 is 12.0 Å². The largest absolute Gasteiger partial charge is 0.481 e. The molecular weight excluding hydrogens is 260 g/mol. The van der Waals surface area contributed by atoms with Gasteiger partial charge in [0.1, 0.15) is 5.82 Å². The molecule has 0 unspecified atom stereocenters. The van der Waals surface area contributed by atoms with E-state index in [1.165, 1.54) is 0 Å². The third kappa shape index (κ3) is 3.72. The van der Waals surface area contributed by atoms with Gasteiger partial charge in [0.2, 0.25) is 0 Å². The molecule has 0 aliphatic heterocycles. The van der Waals surface area contributed by atoms with Gasteiger partial charge in [-0.3, -0.25) is 4.79 Å². The second kappa shape index (κ2) is 6.40. The van der Waals surface area contributed by atoms with E-state index in [0.29, 0.717) is 32.2 Å². The lowest BCUT2D eigenvalue weighted by molar-refractivity contribution is -0.142. The Kier molecular flexibility index (Phi) is 4.60. The van der Waals surface area contributed by atoms with Crippen LogP contribution in [0.15, 0.2) is 12.4 Å². The Bertz CT molecular complexity index is 478. The van der Waals surface area contributed by atoms with Crippen molar-refractivity contribution in [1.29, 1.82) is 0 Å². The highest BCUT2D eigenvalue weighted by atomic mass is 16.4. The number of carboxylic acids is 1. The Morgan fingerprint density at radius 1 is 1.40 bits per heavy atom. The molecule has 1 aromatic rings. The first kappa shape index (κ1) is 14.4. The summed E-state index contributed by atoms with van der Waals surface area (Å²) in [7, 11) is 1.87. The summed E-state index contributed by atoms with van der Waals surface area (Å²) in [5, 5.41) is 14.6. The third-order valence-corrected chi connectivity index (χ3v) is 3.74. The molecule has 7 nitrogen and oxygen atoms in total. The molecule has 2 amide bonds. The Morgan fingerprint density at radius 3 is 2.65 bits per heavy atom. The van der Waals surface area contributed by atoms with E-state index < -0.39 is 5.97 Å².